The molecule has 0 spiro atoms. The van der Waals surface area contributed by atoms with E-state index >= 15 is 0 Å². The van der Waals surface area contributed by atoms with Gasteiger partial charge in [0.1, 0.15) is 0 Å². The highest BCUT2D eigenvalue weighted by atomic mass is 16.2. The van der Waals surface area contributed by atoms with E-state index in [0.717, 1.165) is 19.3 Å². The minimum absolute atomic E-state index is 0.287. The largest absolute Gasteiger partial charge is 0.338 e. The molecule has 0 rings (SSSR count). The number of imide groups is 1. The van der Waals surface area contributed by atoms with E-state index in [1.54, 1.807) is 0 Å². The molecule has 0 bridgehead atoms. The first-order valence-corrected chi connectivity index (χ1v) is 4.76. The van der Waals surface area contributed by atoms with E-state index in [4.69, 9.17) is 0 Å². The molecule has 0 atom stereocenters. The molecular formula is C9H18N2O2. The third-order valence-electron chi connectivity index (χ3n) is 1.67. The first-order chi connectivity index (χ1) is 6.26. The van der Waals surface area contributed by atoms with Gasteiger partial charge in [-0.25, -0.2) is 4.79 Å². The zero-order chi connectivity index (χ0) is 10.1. The first kappa shape index (κ1) is 11.9. The number of nitrogens with one attached hydrogen (secondary N) is 1. The number of hydrogen-bond acceptors (Lipinski definition) is 2. The van der Waals surface area contributed by atoms with Crippen molar-refractivity contribution < 1.29 is 9.59 Å². The standard InChI is InChI=1S/C9H18N2O2/c1-3-5-7-11(8-12)9(13)10-6-4-2/h8H,3-7H2,1-2H3,(H,10,13). The Morgan fingerprint density at radius 1 is 1.38 bits per heavy atom. The van der Waals surface area contributed by atoms with Crippen LogP contribution in [-0.2, 0) is 4.79 Å². The van der Waals surface area contributed by atoms with Crippen LogP contribution in [0.3, 0.4) is 0 Å². The topological polar surface area (TPSA) is 49.4 Å². The summed E-state index contributed by atoms with van der Waals surface area (Å²) in [7, 11) is 0. The summed E-state index contributed by atoms with van der Waals surface area (Å²) >= 11 is 0. The Hall–Kier alpha value is -1.06. The summed E-state index contributed by atoms with van der Waals surface area (Å²) in [4.78, 5) is 22.9. The summed E-state index contributed by atoms with van der Waals surface area (Å²) in [5.41, 5.74) is 0. The number of carbonyl (C=O) groups excluding carboxylic acids is 2. The smallest absolute Gasteiger partial charge is 0.323 e. The minimum atomic E-state index is -0.287. The lowest BCUT2D eigenvalue weighted by Gasteiger charge is -2.15. The fourth-order valence-corrected chi connectivity index (χ4v) is 0.864. The van der Waals surface area contributed by atoms with Crippen LogP contribution >= 0.6 is 0 Å². The second kappa shape index (κ2) is 7.58. The number of nitrogens with zero attached hydrogens (tertiary/aromatic N) is 1. The van der Waals surface area contributed by atoms with E-state index in [0.29, 0.717) is 19.5 Å². The average Bonchev–Trinajstić information content (AvgIpc) is 2.16. The number of unbranched alkanes of at least 4 members (excludes halogenated alkanes) is 1. The van der Waals surface area contributed by atoms with Crippen molar-refractivity contribution in [2.45, 2.75) is 33.1 Å². The molecule has 0 saturated heterocycles. The first-order valence-electron chi connectivity index (χ1n) is 4.76. The zero-order valence-electron chi connectivity index (χ0n) is 8.38. The second-order valence-corrected chi connectivity index (χ2v) is 2.88. The molecule has 0 radical (unpaired) electrons. The second-order valence-electron chi connectivity index (χ2n) is 2.88. The molecule has 0 saturated carbocycles. The Bertz CT molecular complexity index is 160. The minimum Gasteiger partial charge on any atom is -0.338 e. The van der Waals surface area contributed by atoms with Gasteiger partial charge in [0.15, 0.2) is 0 Å². The molecule has 3 amide bonds. The van der Waals surface area contributed by atoms with Gasteiger partial charge in [-0.15, -0.1) is 0 Å². The maximum Gasteiger partial charge on any atom is 0.323 e. The van der Waals surface area contributed by atoms with E-state index in [-0.39, 0.29) is 6.03 Å². The maximum atomic E-state index is 11.2. The maximum absolute atomic E-state index is 11.2. The number of carbonyl (C=O) groups is 2. The lowest BCUT2D eigenvalue weighted by molar-refractivity contribution is -0.115. The van der Waals surface area contributed by atoms with E-state index in [1.807, 2.05) is 13.8 Å². The van der Waals surface area contributed by atoms with Crippen molar-refractivity contribution in [1.29, 1.82) is 0 Å². The van der Waals surface area contributed by atoms with Crippen molar-refractivity contribution in [2.24, 2.45) is 0 Å². The molecule has 0 aliphatic carbocycles. The van der Waals surface area contributed by atoms with Crippen molar-refractivity contribution in [1.82, 2.24) is 10.2 Å². The highest BCUT2D eigenvalue weighted by Gasteiger charge is 2.09. The number of urea groups is 1. The van der Waals surface area contributed by atoms with Gasteiger partial charge in [0.2, 0.25) is 6.41 Å². The normalized spacial score (nSPS) is 9.38. The number of rotatable bonds is 6. The summed E-state index contributed by atoms with van der Waals surface area (Å²) in [6.45, 7) is 5.12. The van der Waals surface area contributed by atoms with E-state index < -0.39 is 0 Å². The van der Waals surface area contributed by atoms with Crippen LogP contribution in [0.1, 0.15) is 33.1 Å². The van der Waals surface area contributed by atoms with Gasteiger partial charge in [0.25, 0.3) is 0 Å². The molecule has 13 heavy (non-hydrogen) atoms. The summed E-state index contributed by atoms with van der Waals surface area (Å²) in [5.74, 6) is 0. The van der Waals surface area contributed by atoms with E-state index in [9.17, 15) is 9.59 Å². The predicted octanol–water partition coefficient (Wildman–Crippen LogP) is 1.36. The molecule has 0 aliphatic rings. The van der Waals surface area contributed by atoms with Crippen LogP contribution < -0.4 is 5.32 Å². The monoisotopic (exact) mass is 186 g/mol. The van der Waals surface area contributed by atoms with Crippen molar-refractivity contribution in [3.8, 4) is 0 Å². The third kappa shape index (κ3) is 5.22. The molecule has 0 aromatic heterocycles. The van der Waals surface area contributed by atoms with Crippen molar-refractivity contribution in [3.63, 3.8) is 0 Å². The van der Waals surface area contributed by atoms with Crippen LogP contribution in [0.5, 0.6) is 0 Å². The number of amides is 3. The van der Waals surface area contributed by atoms with Crippen LogP contribution in [0.4, 0.5) is 4.79 Å². The number of hydrogen-bond donors (Lipinski definition) is 1. The lowest BCUT2D eigenvalue weighted by Crippen LogP contribution is -2.39. The van der Waals surface area contributed by atoms with Crippen LogP contribution in [0, 0.1) is 0 Å². The van der Waals surface area contributed by atoms with Gasteiger partial charge in [-0.2, -0.15) is 0 Å². The van der Waals surface area contributed by atoms with Gasteiger partial charge in [0.05, 0.1) is 0 Å². The predicted molar refractivity (Wildman–Crippen MR) is 51.4 cm³/mol. The summed E-state index contributed by atoms with van der Waals surface area (Å²) in [5, 5.41) is 2.65. The molecule has 0 fully saturated rings. The van der Waals surface area contributed by atoms with Crippen molar-refractivity contribution in [3.05, 3.63) is 0 Å². The van der Waals surface area contributed by atoms with Gasteiger partial charge >= 0.3 is 6.03 Å². The van der Waals surface area contributed by atoms with Crippen LogP contribution in [0.25, 0.3) is 0 Å². The van der Waals surface area contributed by atoms with Crippen LogP contribution in [0.2, 0.25) is 0 Å². The Labute approximate surface area is 79.3 Å². The summed E-state index contributed by atoms with van der Waals surface area (Å²) in [6.07, 6.45) is 3.30. The molecule has 1 N–H and O–H groups in total. The van der Waals surface area contributed by atoms with Gasteiger partial charge < -0.3 is 5.32 Å². The Balaban J connectivity index is 3.77. The zero-order valence-corrected chi connectivity index (χ0v) is 8.38. The molecule has 76 valence electrons. The molecule has 0 aliphatic heterocycles. The molecule has 4 heteroatoms. The van der Waals surface area contributed by atoms with Gasteiger partial charge in [-0.05, 0) is 12.8 Å². The molecule has 0 aromatic carbocycles. The highest BCUT2D eigenvalue weighted by Crippen LogP contribution is 1.92. The fraction of sp³-hybridized carbons (Fsp3) is 0.778. The fourth-order valence-electron chi connectivity index (χ4n) is 0.864. The summed E-state index contributed by atoms with van der Waals surface area (Å²) < 4.78 is 0. The van der Waals surface area contributed by atoms with Gasteiger partial charge in [0, 0.05) is 13.1 Å². The Morgan fingerprint density at radius 2 is 2.08 bits per heavy atom. The van der Waals surface area contributed by atoms with E-state index in [1.165, 1.54) is 4.90 Å². The molecule has 0 heterocycles. The molecule has 0 aromatic rings. The van der Waals surface area contributed by atoms with Crippen LogP contribution in [0.15, 0.2) is 0 Å². The Kier molecular flexibility index (Phi) is 6.96. The van der Waals surface area contributed by atoms with Crippen LogP contribution in [-0.4, -0.2) is 30.4 Å². The molecular weight excluding hydrogens is 168 g/mol. The van der Waals surface area contributed by atoms with Crippen molar-refractivity contribution in [2.75, 3.05) is 13.1 Å². The van der Waals surface area contributed by atoms with Gasteiger partial charge in [-0.1, -0.05) is 20.3 Å². The van der Waals surface area contributed by atoms with Gasteiger partial charge in [-0.3, -0.25) is 9.69 Å². The van der Waals surface area contributed by atoms with Crippen molar-refractivity contribution >= 4 is 12.4 Å². The van der Waals surface area contributed by atoms with E-state index in [2.05, 4.69) is 5.32 Å². The molecule has 0 unspecified atom stereocenters. The Morgan fingerprint density at radius 3 is 2.54 bits per heavy atom. The quantitative estimate of drug-likeness (QED) is 0.637. The third-order valence-corrected chi connectivity index (χ3v) is 1.67. The lowest BCUT2D eigenvalue weighted by atomic mass is 10.3. The average molecular weight is 186 g/mol. The highest BCUT2D eigenvalue weighted by molar-refractivity contribution is 5.84. The molecule has 4 nitrogen and oxygen atoms in total. The SMILES string of the molecule is CCCCN(C=O)C(=O)NCCC. The summed E-state index contributed by atoms with van der Waals surface area (Å²) in [6, 6.07) is -0.287.